The molecule has 2 amide bonds. The lowest BCUT2D eigenvalue weighted by atomic mass is 9.96. The number of aromatic nitrogens is 2. The number of urea groups is 1. The van der Waals surface area contributed by atoms with Crippen LogP contribution in [-0.2, 0) is 4.74 Å². The highest BCUT2D eigenvalue weighted by Gasteiger charge is 2.26. The van der Waals surface area contributed by atoms with E-state index in [9.17, 15) is 4.79 Å². The first-order valence-corrected chi connectivity index (χ1v) is 9.30. The number of fused-ring (bicyclic) bond motifs is 1. The second-order valence-electron chi connectivity index (χ2n) is 7.23. The van der Waals surface area contributed by atoms with E-state index in [-0.39, 0.29) is 12.1 Å². The summed E-state index contributed by atoms with van der Waals surface area (Å²) in [6, 6.07) is 6.33. The van der Waals surface area contributed by atoms with E-state index in [2.05, 4.69) is 35.4 Å². The van der Waals surface area contributed by atoms with E-state index >= 15 is 0 Å². The Hall–Kier alpha value is -2.08. The number of aromatic amines is 1. The Morgan fingerprint density at radius 2 is 2.20 bits per heavy atom. The van der Waals surface area contributed by atoms with Gasteiger partial charge in [0.15, 0.2) is 0 Å². The summed E-state index contributed by atoms with van der Waals surface area (Å²) in [6.45, 7) is 5.09. The van der Waals surface area contributed by atoms with Crippen LogP contribution in [0.25, 0.3) is 11.0 Å². The fourth-order valence-electron chi connectivity index (χ4n) is 3.81. The van der Waals surface area contributed by atoms with Crippen molar-refractivity contribution in [3.8, 4) is 0 Å². The zero-order valence-electron chi connectivity index (χ0n) is 14.8. The van der Waals surface area contributed by atoms with Gasteiger partial charge in [-0.25, -0.2) is 9.78 Å². The van der Waals surface area contributed by atoms with Gasteiger partial charge in [0.25, 0.3) is 0 Å². The Bertz CT molecular complexity index is 743. The number of likely N-dealkylation sites (tertiary alicyclic amines) is 1. The molecule has 0 spiro atoms. The van der Waals surface area contributed by atoms with E-state index < -0.39 is 0 Å². The number of rotatable bonds is 3. The van der Waals surface area contributed by atoms with Gasteiger partial charge in [-0.3, -0.25) is 0 Å². The molecule has 0 aliphatic carbocycles. The number of carbonyl (C=O) groups excluding carboxylic acids is 1. The van der Waals surface area contributed by atoms with Gasteiger partial charge < -0.3 is 19.9 Å². The number of nitrogens with one attached hydrogen (secondary N) is 2. The number of aryl methyl sites for hydroxylation is 1. The fraction of sp³-hybridized carbons (Fsp3) is 0.579. The Labute approximate surface area is 147 Å². The number of amides is 2. The fourth-order valence-corrected chi connectivity index (χ4v) is 3.81. The first-order valence-electron chi connectivity index (χ1n) is 9.30. The number of imidazole rings is 1. The van der Waals surface area contributed by atoms with Crippen molar-refractivity contribution >= 4 is 17.1 Å². The molecule has 2 N–H and O–H groups in total. The molecule has 3 heterocycles. The molecule has 1 aromatic carbocycles. The van der Waals surface area contributed by atoms with Crippen molar-refractivity contribution < 1.29 is 9.53 Å². The maximum atomic E-state index is 12.3. The van der Waals surface area contributed by atoms with Gasteiger partial charge in [-0.1, -0.05) is 6.07 Å². The Morgan fingerprint density at radius 1 is 1.36 bits per heavy atom. The molecule has 6 nitrogen and oxygen atoms in total. The summed E-state index contributed by atoms with van der Waals surface area (Å²) >= 11 is 0. The second-order valence-corrected chi connectivity index (χ2v) is 7.23. The number of carbonyl (C=O) groups is 1. The van der Waals surface area contributed by atoms with Crippen molar-refractivity contribution in [2.45, 2.75) is 44.6 Å². The first-order chi connectivity index (χ1) is 12.2. The van der Waals surface area contributed by atoms with Crippen LogP contribution in [0.2, 0.25) is 0 Å². The van der Waals surface area contributed by atoms with Crippen LogP contribution in [0.3, 0.4) is 0 Å². The van der Waals surface area contributed by atoms with Crippen molar-refractivity contribution in [1.82, 2.24) is 20.2 Å². The van der Waals surface area contributed by atoms with Crippen LogP contribution >= 0.6 is 0 Å². The molecule has 0 bridgehead atoms. The lowest BCUT2D eigenvalue weighted by Gasteiger charge is -2.31. The molecule has 6 heteroatoms. The molecule has 1 atom stereocenters. The van der Waals surface area contributed by atoms with Crippen molar-refractivity contribution in [3.05, 3.63) is 29.6 Å². The zero-order valence-corrected chi connectivity index (χ0v) is 14.8. The molecule has 1 unspecified atom stereocenters. The van der Waals surface area contributed by atoms with E-state index in [1.54, 1.807) is 0 Å². The van der Waals surface area contributed by atoms with Crippen LogP contribution in [-0.4, -0.2) is 53.2 Å². The van der Waals surface area contributed by atoms with Crippen molar-refractivity contribution in [3.63, 3.8) is 0 Å². The number of H-pyrrole nitrogens is 1. The summed E-state index contributed by atoms with van der Waals surface area (Å²) in [5.41, 5.74) is 3.37. The van der Waals surface area contributed by atoms with Gasteiger partial charge in [-0.05, 0) is 50.3 Å². The summed E-state index contributed by atoms with van der Waals surface area (Å²) in [5, 5.41) is 3.02. The molecule has 134 valence electrons. The smallest absolute Gasteiger partial charge is 0.317 e. The van der Waals surface area contributed by atoms with E-state index in [1.165, 1.54) is 5.56 Å². The SMILES string of the molecule is Cc1ccc2nc(C3CCN(C(=O)NCC4CCCO4)CC3)[nH]c2c1. The number of ether oxygens (including phenoxy) is 1. The summed E-state index contributed by atoms with van der Waals surface area (Å²) in [6.07, 6.45) is 4.25. The molecule has 2 fully saturated rings. The summed E-state index contributed by atoms with van der Waals surface area (Å²) < 4.78 is 5.56. The number of hydrogen-bond donors (Lipinski definition) is 2. The van der Waals surface area contributed by atoms with Crippen molar-refractivity contribution in [1.29, 1.82) is 0 Å². The van der Waals surface area contributed by atoms with Gasteiger partial charge in [0.1, 0.15) is 5.82 Å². The summed E-state index contributed by atoms with van der Waals surface area (Å²) in [5.74, 6) is 1.45. The molecule has 1 aromatic heterocycles. The molecule has 4 rings (SSSR count). The molecule has 25 heavy (non-hydrogen) atoms. The van der Waals surface area contributed by atoms with Gasteiger partial charge in [-0.15, -0.1) is 0 Å². The lowest BCUT2D eigenvalue weighted by molar-refractivity contribution is 0.108. The Morgan fingerprint density at radius 3 is 2.96 bits per heavy atom. The third kappa shape index (κ3) is 3.63. The predicted molar refractivity (Wildman–Crippen MR) is 96.8 cm³/mol. The minimum atomic E-state index is 0.0363. The molecule has 2 aromatic rings. The lowest BCUT2D eigenvalue weighted by Crippen LogP contribution is -2.46. The maximum Gasteiger partial charge on any atom is 0.317 e. The quantitative estimate of drug-likeness (QED) is 0.901. The molecule has 0 radical (unpaired) electrons. The standard InChI is InChI=1S/C19H26N4O2/c1-13-4-5-16-17(11-13)22-18(21-16)14-6-8-23(9-7-14)19(24)20-12-15-3-2-10-25-15/h4-5,11,14-15H,2-3,6-10,12H2,1H3,(H,20,24)(H,21,22). The molecular weight excluding hydrogens is 316 g/mol. The maximum absolute atomic E-state index is 12.3. The van der Waals surface area contributed by atoms with E-state index in [1.807, 2.05) is 4.90 Å². The van der Waals surface area contributed by atoms with Gasteiger partial charge in [0, 0.05) is 32.2 Å². The van der Waals surface area contributed by atoms with E-state index in [4.69, 9.17) is 9.72 Å². The second kappa shape index (κ2) is 7.04. The summed E-state index contributed by atoms with van der Waals surface area (Å²) in [4.78, 5) is 22.4. The topological polar surface area (TPSA) is 70.2 Å². The highest BCUT2D eigenvalue weighted by atomic mass is 16.5. The van der Waals surface area contributed by atoms with Crippen LogP contribution in [0, 0.1) is 6.92 Å². The first kappa shape index (κ1) is 16.4. The highest BCUT2D eigenvalue weighted by Crippen LogP contribution is 2.28. The zero-order chi connectivity index (χ0) is 17.2. The predicted octanol–water partition coefficient (Wildman–Crippen LogP) is 2.94. The third-order valence-electron chi connectivity index (χ3n) is 5.33. The van der Waals surface area contributed by atoms with Crippen LogP contribution in [0.1, 0.15) is 43.0 Å². The van der Waals surface area contributed by atoms with Crippen LogP contribution in [0.5, 0.6) is 0 Å². The number of piperidine rings is 1. The van der Waals surface area contributed by atoms with Gasteiger partial charge in [0.2, 0.25) is 0 Å². The van der Waals surface area contributed by atoms with Gasteiger partial charge >= 0.3 is 6.03 Å². The minimum absolute atomic E-state index is 0.0363. The molecule has 2 aliphatic rings. The Balaban J connectivity index is 1.31. The van der Waals surface area contributed by atoms with Crippen molar-refractivity contribution in [2.24, 2.45) is 0 Å². The largest absolute Gasteiger partial charge is 0.376 e. The molecule has 0 saturated carbocycles. The number of hydrogen-bond acceptors (Lipinski definition) is 3. The van der Waals surface area contributed by atoms with Crippen molar-refractivity contribution in [2.75, 3.05) is 26.2 Å². The number of nitrogens with zero attached hydrogens (tertiary/aromatic N) is 2. The molecule has 2 aliphatic heterocycles. The van der Waals surface area contributed by atoms with Crippen LogP contribution in [0.4, 0.5) is 4.79 Å². The van der Waals surface area contributed by atoms with Crippen LogP contribution < -0.4 is 5.32 Å². The monoisotopic (exact) mass is 342 g/mol. The van der Waals surface area contributed by atoms with Gasteiger partial charge in [-0.2, -0.15) is 0 Å². The Kier molecular flexibility index (Phi) is 4.61. The van der Waals surface area contributed by atoms with E-state index in [0.717, 1.165) is 62.2 Å². The van der Waals surface area contributed by atoms with E-state index in [0.29, 0.717) is 12.5 Å². The average Bonchev–Trinajstić information content (AvgIpc) is 3.29. The third-order valence-corrected chi connectivity index (χ3v) is 5.33. The normalized spacial score (nSPS) is 21.8. The minimum Gasteiger partial charge on any atom is -0.376 e. The molecule has 2 saturated heterocycles. The van der Waals surface area contributed by atoms with Crippen LogP contribution in [0.15, 0.2) is 18.2 Å². The molecular formula is C19H26N4O2. The number of benzene rings is 1. The average molecular weight is 342 g/mol. The summed E-state index contributed by atoms with van der Waals surface area (Å²) in [7, 11) is 0. The van der Waals surface area contributed by atoms with Gasteiger partial charge in [0.05, 0.1) is 17.1 Å². The highest BCUT2D eigenvalue weighted by molar-refractivity contribution is 5.76.